The van der Waals surface area contributed by atoms with Gasteiger partial charge in [0.25, 0.3) is 0 Å². The van der Waals surface area contributed by atoms with Crippen LogP contribution in [0.15, 0.2) is 0 Å². The molecule has 0 aromatic carbocycles. The predicted octanol–water partition coefficient (Wildman–Crippen LogP) is 0.707. The number of urea groups is 1. The molecule has 2 aliphatic rings. The number of nitrogens with zero attached hydrogens (tertiary/aromatic N) is 2. The molecule has 5 nitrogen and oxygen atoms in total. The Balaban J connectivity index is 1.88. The first-order valence-electron chi connectivity index (χ1n) is 7.35. The third kappa shape index (κ3) is 3.60. The van der Waals surface area contributed by atoms with Crippen LogP contribution in [0.25, 0.3) is 0 Å². The summed E-state index contributed by atoms with van der Waals surface area (Å²) in [5.74, 6) is 0.631. The molecule has 0 saturated carbocycles. The summed E-state index contributed by atoms with van der Waals surface area (Å²) in [6.07, 6.45) is 2.38. The normalized spacial score (nSPS) is 26.8. The van der Waals surface area contributed by atoms with Crippen LogP contribution in [0.2, 0.25) is 0 Å². The molecule has 2 aliphatic heterocycles. The van der Waals surface area contributed by atoms with Crippen LogP contribution in [0.4, 0.5) is 4.79 Å². The second-order valence-corrected chi connectivity index (χ2v) is 6.95. The number of hydrogen-bond acceptors (Lipinski definition) is 3. The molecule has 2 saturated heterocycles. The van der Waals surface area contributed by atoms with Gasteiger partial charge in [-0.3, -0.25) is 0 Å². The van der Waals surface area contributed by atoms with E-state index in [0.29, 0.717) is 18.5 Å². The molecule has 0 aromatic heterocycles. The van der Waals surface area contributed by atoms with Crippen molar-refractivity contribution in [2.24, 2.45) is 17.1 Å². The van der Waals surface area contributed by atoms with Gasteiger partial charge in [-0.25, -0.2) is 4.79 Å². The van der Waals surface area contributed by atoms with Crippen LogP contribution in [0.1, 0.15) is 26.7 Å². The minimum Gasteiger partial charge on any atom is -0.333 e. The minimum absolute atomic E-state index is 0.000980. The number of rotatable bonds is 4. The number of carbonyl (C=O) groups excluding carboxylic acids is 1. The third-order valence-corrected chi connectivity index (χ3v) is 4.52. The van der Waals surface area contributed by atoms with E-state index in [-0.39, 0.29) is 11.4 Å². The Morgan fingerprint density at radius 1 is 1.37 bits per heavy atom. The van der Waals surface area contributed by atoms with E-state index in [1.165, 1.54) is 12.8 Å². The first kappa shape index (κ1) is 14.6. The number of piperidine rings is 1. The van der Waals surface area contributed by atoms with Gasteiger partial charge in [0.05, 0.1) is 6.04 Å². The zero-order chi connectivity index (χ0) is 14.0. The van der Waals surface area contributed by atoms with Crippen molar-refractivity contribution in [3.05, 3.63) is 0 Å². The number of hydrogen-bond donors (Lipinski definition) is 2. The Morgan fingerprint density at radius 2 is 2.00 bits per heavy atom. The smallest absolute Gasteiger partial charge is 0.317 e. The fourth-order valence-electron chi connectivity index (χ4n) is 3.03. The van der Waals surface area contributed by atoms with Gasteiger partial charge in [0, 0.05) is 13.1 Å². The largest absolute Gasteiger partial charge is 0.333 e. The Kier molecular flexibility index (Phi) is 4.36. The molecular weight excluding hydrogens is 240 g/mol. The number of nitrogens with two attached hydrogens (primary N) is 1. The lowest BCUT2D eigenvalue weighted by molar-refractivity contribution is 0.179. The van der Waals surface area contributed by atoms with Crippen LogP contribution >= 0.6 is 0 Å². The Labute approximate surface area is 116 Å². The van der Waals surface area contributed by atoms with Crippen LogP contribution < -0.4 is 11.1 Å². The van der Waals surface area contributed by atoms with Crippen molar-refractivity contribution < 1.29 is 4.79 Å². The molecule has 5 heteroatoms. The molecule has 2 heterocycles. The second kappa shape index (κ2) is 5.67. The molecule has 110 valence electrons. The molecule has 1 atom stereocenters. The van der Waals surface area contributed by atoms with Crippen molar-refractivity contribution in [3.8, 4) is 0 Å². The molecule has 2 fully saturated rings. The van der Waals surface area contributed by atoms with Gasteiger partial charge in [0.1, 0.15) is 0 Å². The Morgan fingerprint density at radius 3 is 2.58 bits per heavy atom. The Hall–Kier alpha value is -0.810. The molecule has 0 aromatic rings. The average molecular weight is 268 g/mol. The van der Waals surface area contributed by atoms with E-state index in [2.05, 4.69) is 31.1 Å². The van der Waals surface area contributed by atoms with Gasteiger partial charge in [-0.1, -0.05) is 13.8 Å². The quantitative estimate of drug-likeness (QED) is 0.789. The lowest BCUT2D eigenvalue weighted by Gasteiger charge is -2.32. The van der Waals surface area contributed by atoms with Crippen molar-refractivity contribution in [1.29, 1.82) is 0 Å². The minimum atomic E-state index is -0.000980. The lowest BCUT2D eigenvalue weighted by atomic mass is 9.89. The summed E-state index contributed by atoms with van der Waals surface area (Å²) in [6, 6.07) is 0.417. The molecule has 0 aliphatic carbocycles. The SMILES string of the molecule is CN1CCC(C2CN(CC(C)(C)CN)C(=O)N2)CC1. The fourth-order valence-corrected chi connectivity index (χ4v) is 3.03. The molecule has 2 amide bonds. The van der Waals surface area contributed by atoms with E-state index < -0.39 is 0 Å². The van der Waals surface area contributed by atoms with E-state index in [1.54, 1.807) is 0 Å². The van der Waals surface area contributed by atoms with Gasteiger partial charge in [0.15, 0.2) is 0 Å². The van der Waals surface area contributed by atoms with Gasteiger partial charge in [0.2, 0.25) is 0 Å². The van der Waals surface area contributed by atoms with Crippen LogP contribution in [-0.4, -0.2) is 61.6 Å². The van der Waals surface area contributed by atoms with Gasteiger partial charge >= 0.3 is 6.03 Å². The van der Waals surface area contributed by atoms with Crippen molar-refractivity contribution >= 4 is 6.03 Å². The number of likely N-dealkylation sites (tertiary alicyclic amines) is 1. The number of carbonyl (C=O) groups is 1. The molecular formula is C14H28N4O. The monoisotopic (exact) mass is 268 g/mol. The summed E-state index contributed by atoms with van der Waals surface area (Å²) in [6.45, 7) is 8.72. The fraction of sp³-hybridized carbons (Fsp3) is 0.929. The predicted molar refractivity (Wildman–Crippen MR) is 76.9 cm³/mol. The summed E-state index contributed by atoms with van der Waals surface area (Å²) >= 11 is 0. The summed E-state index contributed by atoms with van der Waals surface area (Å²) in [4.78, 5) is 16.4. The maximum absolute atomic E-state index is 12.0. The van der Waals surface area contributed by atoms with Crippen molar-refractivity contribution in [2.75, 3.05) is 39.8 Å². The van der Waals surface area contributed by atoms with Gasteiger partial charge in [-0.15, -0.1) is 0 Å². The maximum Gasteiger partial charge on any atom is 0.317 e. The molecule has 1 unspecified atom stereocenters. The summed E-state index contributed by atoms with van der Waals surface area (Å²) in [5.41, 5.74) is 5.76. The van der Waals surface area contributed by atoms with E-state index in [0.717, 1.165) is 26.2 Å². The van der Waals surface area contributed by atoms with Crippen LogP contribution in [0.5, 0.6) is 0 Å². The van der Waals surface area contributed by atoms with Crippen molar-refractivity contribution in [1.82, 2.24) is 15.1 Å². The van der Waals surface area contributed by atoms with Gasteiger partial charge in [-0.05, 0) is 50.9 Å². The topological polar surface area (TPSA) is 61.6 Å². The first-order valence-corrected chi connectivity index (χ1v) is 7.35. The molecule has 0 spiro atoms. The zero-order valence-electron chi connectivity index (χ0n) is 12.5. The first-order chi connectivity index (χ1) is 8.91. The van der Waals surface area contributed by atoms with Crippen molar-refractivity contribution in [2.45, 2.75) is 32.7 Å². The van der Waals surface area contributed by atoms with Gasteiger partial charge in [-0.2, -0.15) is 0 Å². The standard InChI is InChI=1S/C14H28N4O/c1-14(2,9-15)10-18-8-12(16-13(18)19)11-4-6-17(3)7-5-11/h11-12H,4-10,15H2,1-3H3,(H,16,19). The highest BCUT2D eigenvalue weighted by Crippen LogP contribution is 2.25. The highest BCUT2D eigenvalue weighted by Gasteiger charge is 2.37. The second-order valence-electron chi connectivity index (χ2n) is 6.95. The third-order valence-electron chi connectivity index (χ3n) is 4.52. The van der Waals surface area contributed by atoms with Crippen LogP contribution in [-0.2, 0) is 0 Å². The number of amides is 2. The number of nitrogens with one attached hydrogen (secondary N) is 1. The molecule has 0 radical (unpaired) electrons. The lowest BCUT2D eigenvalue weighted by Crippen LogP contribution is -2.41. The van der Waals surface area contributed by atoms with Crippen LogP contribution in [0.3, 0.4) is 0 Å². The summed E-state index contributed by atoms with van der Waals surface area (Å²) < 4.78 is 0. The van der Waals surface area contributed by atoms with E-state index >= 15 is 0 Å². The highest BCUT2D eigenvalue weighted by molar-refractivity contribution is 5.77. The molecule has 3 N–H and O–H groups in total. The summed E-state index contributed by atoms with van der Waals surface area (Å²) in [7, 11) is 2.17. The van der Waals surface area contributed by atoms with E-state index in [9.17, 15) is 4.79 Å². The van der Waals surface area contributed by atoms with E-state index in [4.69, 9.17) is 5.73 Å². The van der Waals surface area contributed by atoms with Gasteiger partial charge < -0.3 is 20.9 Å². The van der Waals surface area contributed by atoms with E-state index in [1.807, 2.05) is 4.90 Å². The average Bonchev–Trinajstić information content (AvgIpc) is 2.71. The van der Waals surface area contributed by atoms with Crippen LogP contribution in [0, 0.1) is 11.3 Å². The molecule has 0 bridgehead atoms. The summed E-state index contributed by atoms with van der Waals surface area (Å²) in [5, 5.41) is 3.16. The Bertz CT molecular complexity index is 323. The zero-order valence-corrected chi connectivity index (χ0v) is 12.5. The highest BCUT2D eigenvalue weighted by atomic mass is 16.2. The molecule has 2 rings (SSSR count). The van der Waals surface area contributed by atoms with Crippen molar-refractivity contribution in [3.63, 3.8) is 0 Å². The molecule has 19 heavy (non-hydrogen) atoms. The maximum atomic E-state index is 12.0.